The first-order valence-corrected chi connectivity index (χ1v) is 24.0. The fourth-order valence-corrected chi connectivity index (χ4v) is 9.81. The zero-order valence-corrected chi connectivity index (χ0v) is 40.4. The van der Waals surface area contributed by atoms with Crippen LogP contribution in [-0.4, -0.2) is 323 Å². The third kappa shape index (κ3) is 12.7. The second-order valence-corrected chi connectivity index (χ2v) is 19.0. The molecule has 6 fully saturated rings. The van der Waals surface area contributed by atoms with Crippen LogP contribution in [0, 0.1) is 0 Å². The van der Waals surface area contributed by atoms with Crippen LogP contribution in [-0.2, 0) is 66.4 Å². The summed E-state index contributed by atoms with van der Waals surface area (Å²) in [5, 5.41) is 179. The molecule has 2 amide bonds. The van der Waals surface area contributed by atoms with Gasteiger partial charge in [0.15, 0.2) is 37.3 Å². The average molecular weight is 1100 g/mol. The Morgan fingerprint density at radius 3 is 1.31 bits per heavy atom. The minimum absolute atomic E-state index is 0.109. The highest BCUT2D eigenvalue weighted by atomic mass is 16.8. The van der Waals surface area contributed by atoms with Crippen molar-refractivity contribution in [3.8, 4) is 0 Å². The molecule has 0 radical (unpaired) electrons. The molecule has 0 aliphatic carbocycles. The van der Waals surface area contributed by atoms with Crippen LogP contribution in [0.1, 0.15) is 20.8 Å². The minimum atomic E-state index is -2.23. The molecule has 7 aliphatic rings. The lowest BCUT2D eigenvalue weighted by Crippen LogP contribution is -2.69. The van der Waals surface area contributed by atoms with E-state index in [-0.39, 0.29) is 5.90 Å². The van der Waals surface area contributed by atoms with E-state index in [0.29, 0.717) is 0 Å². The van der Waals surface area contributed by atoms with Gasteiger partial charge in [-0.25, -0.2) is 4.99 Å². The molecule has 0 unspecified atom stereocenters. The third-order valence-corrected chi connectivity index (χ3v) is 13.8. The summed E-state index contributed by atoms with van der Waals surface area (Å²) in [6.07, 6.45) is -49.9. The molecule has 33 heteroatoms. The molecule has 33 nitrogen and oxygen atoms in total. The average Bonchev–Trinajstić information content (AvgIpc) is 3.76. The van der Waals surface area contributed by atoms with Gasteiger partial charge >= 0.3 is 0 Å². The van der Waals surface area contributed by atoms with E-state index in [1.807, 2.05) is 0 Å². The lowest BCUT2D eigenvalue weighted by Gasteiger charge is -2.50. The van der Waals surface area contributed by atoms with Crippen molar-refractivity contribution < 1.29 is 148 Å². The number of nitrogens with zero attached hydrogens (tertiary/aromatic N) is 1. The smallest absolute Gasteiger partial charge is 0.227 e. The third-order valence-electron chi connectivity index (χ3n) is 13.8. The molecular weight excluding hydrogens is 1030 g/mol. The van der Waals surface area contributed by atoms with Crippen molar-refractivity contribution in [2.75, 3.05) is 39.6 Å². The lowest BCUT2D eigenvalue weighted by molar-refractivity contribution is -0.393. The summed E-state index contributed by atoms with van der Waals surface area (Å²) in [4.78, 5) is 28.6. The fourth-order valence-electron chi connectivity index (χ4n) is 9.81. The van der Waals surface area contributed by atoms with Gasteiger partial charge in [-0.2, -0.15) is 0 Å². The summed E-state index contributed by atoms with van der Waals surface area (Å²) in [5.74, 6) is -1.42. The highest BCUT2D eigenvalue weighted by Crippen LogP contribution is 2.38. The van der Waals surface area contributed by atoms with Gasteiger partial charge in [0.1, 0.15) is 146 Å². The number of hydrogen-bond donors (Lipinski definition) is 18. The molecule has 30 atom stereocenters. The number of aliphatic hydroxyl groups is 16. The van der Waals surface area contributed by atoms with E-state index in [0.717, 1.165) is 13.8 Å². The van der Waals surface area contributed by atoms with E-state index in [1.54, 1.807) is 0 Å². The molecule has 0 bridgehead atoms. The molecule has 0 spiro atoms. The number of carbonyl (C=O) groups excluding carboxylic acids is 2. The Balaban J connectivity index is 1.21. The molecule has 7 heterocycles. The van der Waals surface area contributed by atoms with Gasteiger partial charge < -0.3 is 149 Å². The number of aliphatic imine (C=N–C) groups is 1. The molecule has 0 saturated carbocycles. The topological polar surface area (TPSA) is 505 Å². The number of aliphatic hydroxyl groups excluding tert-OH is 16. The first-order valence-electron chi connectivity index (χ1n) is 24.0. The molecule has 6 saturated heterocycles. The summed E-state index contributed by atoms with van der Waals surface area (Å²) in [7, 11) is 0. The van der Waals surface area contributed by atoms with Crippen LogP contribution >= 0.6 is 0 Å². The number of nitrogens with one attached hydrogen (secondary N) is 2. The van der Waals surface area contributed by atoms with Crippen LogP contribution in [0.15, 0.2) is 4.99 Å². The van der Waals surface area contributed by atoms with E-state index in [4.69, 9.17) is 56.8 Å². The maximum absolute atomic E-state index is 12.2. The van der Waals surface area contributed by atoms with Crippen molar-refractivity contribution >= 4 is 17.7 Å². The lowest BCUT2D eigenvalue weighted by atomic mass is 9.94. The molecule has 432 valence electrons. The van der Waals surface area contributed by atoms with Crippen LogP contribution in [0.25, 0.3) is 0 Å². The van der Waals surface area contributed by atoms with Crippen molar-refractivity contribution in [1.82, 2.24) is 10.6 Å². The Labute approximate surface area is 425 Å². The van der Waals surface area contributed by atoms with Gasteiger partial charge in [-0.05, 0) is 0 Å². The number of ether oxygens (including phenoxy) is 12. The fraction of sp³-hybridized carbons (Fsp3) is 0.929. The largest absolute Gasteiger partial charge is 0.450 e. The summed E-state index contributed by atoms with van der Waals surface area (Å²) < 4.78 is 70.3. The zero-order chi connectivity index (χ0) is 54.9. The second kappa shape index (κ2) is 25.6. The van der Waals surface area contributed by atoms with Crippen molar-refractivity contribution in [2.24, 2.45) is 4.99 Å². The molecule has 0 aromatic heterocycles. The van der Waals surface area contributed by atoms with Gasteiger partial charge in [-0.1, -0.05) is 0 Å². The van der Waals surface area contributed by atoms with Gasteiger partial charge in [0.05, 0.1) is 39.6 Å². The quantitative estimate of drug-likeness (QED) is 0.0606. The van der Waals surface area contributed by atoms with E-state index in [1.165, 1.54) is 6.92 Å². The Hall–Kier alpha value is -2.67. The first kappa shape index (κ1) is 60.0. The van der Waals surface area contributed by atoms with Crippen LogP contribution < -0.4 is 10.6 Å². The molecule has 0 aromatic carbocycles. The Bertz CT molecular complexity index is 1900. The molecule has 0 aromatic rings. The van der Waals surface area contributed by atoms with Crippen LogP contribution in [0.3, 0.4) is 0 Å². The molecular formula is C42H69N3O30. The Morgan fingerprint density at radius 2 is 0.840 bits per heavy atom. The van der Waals surface area contributed by atoms with Crippen molar-refractivity contribution in [3.05, 3.63) is 0 Å². The second-order valence-electron chi connectivity index (χ2n) is 19.0. The number of hydrogen-bond acceptors (Lipinski definition) is 31. The number of carbonyl (C=O) groups is 2. The highest BCUT2D eigenvalue weighted by molar-refractivity contribution is 5.75. The van der Waals surface area contributed by atoms with Gasteiger partial charge in [0, 0.05) is 20.8 Å². The summed E-state index contributed by atoms with van der Waals surface area (Å²) in [6, 6.07) is -4.38. The van der Waals surface area contributed by atoms with Crippen molar-refractivity contribution in [2.45, 2.75) is 205 Å². The number of amides is 2. The molecule has 7 aliphatic heterocycles. The summed E-state index contributed by atoms with van der Waals surface area (Å²) in [6.45, 7) is -1.93. The van der Waals surface area contributed by atoms with Gasteiger partial charge in [0.25, 0.3) is 0 Å². The van der Waals surface area contributed by atoms with Gasteiger partial charge in [-0.3, -0.25) is 9.59 Å². The van der Waals surface area contributed by atoms with E-state index >= 15 is 0 Å². The summed E-state index contributed by atoms with van der Waals surface area (Å²) >= 11 is 0. The highest BCUT2D eigenvalue weighted by Gasteiger charge is 2.58. The van der Waals surface area contributed by atoms with Gasteiger partial charge in [-0.15, -0.1) is 0 Å². The van der Waals surface area contributed by atoms with Crippen LogP contribution in [0.2, 0.25) is 0 Å². The van der Waals surface area contributed by atoms with E-state index < -0.39 is 236 Å². The zero-order valence-electron chi connectivity index (χ0n) is 40.4. The van der Waals surface area contributed by atoms with E-state index in [2.05, 4.69) is 15.6 Å². The van der Waals surface area contributed by atoms with Gasteiger partial charge in [0.2, 0.25) is 18.1 Å². The van der Waals surface area contributed by atoms with E-state index in [9.17, 15) is 91.3 Å². The van der Waals surface area contributed by atoms with Crippen LogP contribution in [0.5, 0.6) is 0 Å². The number of fused-ring (bicyclic) bond motifs is 1. The number of rotatable bonds is 18. The Morgan fingerprint density at radius 1 is 0.440 bits per heavy atom. The van der Waals surface area contributed by atoms with Crippen LogP contribution in [0.4, 0.5) is 0 Å². The predicted octanol–water partition coefficient (Wildman–Crippen LogP) is -12.3. The maximum atomic E-state index is 12.2. The minimum Gasteiger partial charge on any atom is -0.450 e. The maximum Gasteiger partial charge on any atom is 0.227 e. The molecule has 75 heavy (non-hydrogen) atoms. The summed E-state index contributed by atoms with van der Waals surface area (Å²) in [5.41, 5.74) is 0. The Kier molecular flexibility index (Phi) is 20.5. The monoisotopic (exact) mass is 1100 g/mol. The standard InChI is InChI=1S/C42H69N3O30/c1-10(51)43-19-27(58)22(53)13(4-46)66-38(19)74-35-30(61)24(55)15(6-48)68-41(35)64-9-18-26(57)34(32(63)40(71-18)72-33-17(8-50)70-37-21(29(33)60)45-12(3)65-37)73-42-36(31(62)25(56)16(7-49)69-42)75-39-20(44-11(2)52)28(59)23(54)14(5-47)67-39/h13-42,46-50,53-63H,4-9H2,1-3H3,(H,43,51)(H,44,52)/t13-,14-,15-,16-,17-,18-,19-,20-,21-,22-,23-,24-,25-,26-,27-,28-,29-,30+,31+,32+,33-,34+,35+,36+,37+,38+,39+,40+,41+,42-/m1/s1. The van der Waals surface area contributed by atoms with Crippen molar-refractivity contribution in [1.29, 1.82) is 0 Å². The predicted molar refractivity (Wildman–Crippen MR) is 232 cm³/mol. The normalized spacial score (nSPS) is 49.3. The first-order chi connectivity index (χ1) is 35.6. The van der Waals surface area contributed by atoms with Crippen molar-refractivity contribution in [3.63, 3.8) is 0 Å². The molecule has 7 rings (SSSR count). The SMILES string of the molecule is CC(=O)N[C@H]1[C@H](O[C@@H]2[C@@H](OC[C@H]3O[C@@H](O[C@H]4[C@H](O)[C@H]5N=C(C)O[C@H]5O[C@@H]4CO)[C@@H](O)[C@@H](O[C@H]4O[C@H](CO)[C@@H](O)[C@H](O)[C@@H]4O[C@@H]4O[C@H](CO)[C@@H](O)[C@H](O)[C@H]4NC(C)=O)[C@@H]3O)O[C@H](CO)[C@@H](O)[C@@H]2O)O[C@H](CO)[C@@H](O)[C@@H]1O. The molecule has 18 N–H and O–H groups in total.